The van der Waals surface area contributed by atoms with Crippen LogP contribution in [-0.2, 0) is 24.9 Å². The molecule has 15 heavy (non-hydrogen) atoms. The molecule has 80 valence electrons. The van der Waals surface area contributed by atoms with Gasteiger partial charge in [-0.15, -0.1) is 0 Å². The molecule has 0 amide bonds. The Kier molecular flexibility index (Phi) is 2.75. The predicted molar refractivity (Wildman–Crippen MR) is 61.5 cm³/mol. The third kappa shape index (κ3) is 1.76. The first kappa shape index (κ1) is 10.2. The number of nitrogens with zero attached hydrogens (tertiary/aromatic N) is 1. The first-order chi connectivity index (χ1) is 7.26. The number of methoxy groups -OCH3 is 1. The van der Waals surface area contributed by atoms with Gasteiger partial charge in [-0.2, -0.15) is 0 Å². The largest absolute Gasteiger partial charge is 0.378 e. The third-order valence-corrected chi connectivity index (χ3v) is 2.74. The molecule has 1 aromatic carbocycles. The Morgan fingerprint density at radius 2 is 2.13 bits per heavy atom. The Balaban J connectivity index is 2.56. The fourth-order valence-electron chi connectivity index (χ4n) is 1.85. The number of hydrogen-bond acceptors (Lipinski definition) is 2. The lowest BCUT2D eigenvalue weighted by Gasteiger charge is -2.03. The van der Waals surface area contributed by atoms with E-state index in [1.807, 2.05) is 0 Å². The zero-order valence-electron chi connectivity index (χ0n) is 9.16. The second-order valence-corrected chi connectivity index (χ2v) is 3.72. The smallest absolute Gasteiger partial charge is 0.0864 e. The third-order valence-electron chi connectivity index (χ3n) is 2.74. The number of fused-ring (bicyclic) bond motifs is 1. The van der Waals surface area contributed by atoms with E-state index < -0.39 is 0 Å². The van der Waals surface area contributed by atoms with E-state index in [2.05, 4.69) is 35.9 Å². The minimum Gasteiger partial charge on any atom is -0.378 e. The molecule has 0 saturated heterocycles. The summed E-state index contributed by atoms with van der Waals surface area (Å²) in [4.78, 5) is 0. The average Bonchev–Trinajstić information content (AvgIpc) is 2.56. The van der Waals surface area contributed by atoms with Gasteiger partial charge in [0.25, 0.3) is 0 Å². The van der Waals surface area contributed by atoms with Crippen LogP contribution in [0.1, 0.15) is 11.3 Å². The van der Waals surface area contributed by atoms with Gasteiger partial charge in [0.2, 0.25) is 0 Å². The number of nitrogens with two attached hydrogens (primary N) is 1. The van der Waals surface area contributed by atoms with Crippen LogP contribution < -0.4 is 5.73 Å². The van der Waals surface area contributed by atoms with Crippen molar-refractivity contribution in [3.8, 4) is 0 Å². The number of aromatic nitrogens is 1. The molecule has 0 bridgehead atoms. The first-order valence-corrected chi connectivity index (χ1v) is 5.02. The Hall–Kier alpha value is -1.32. The topological polar surface area (TPSA) is 40.2 Å². The molecule has 3 nitrogen and oxygen atoms in total. The molecule has 0 spiro atoms. The highest BCUT2D eigenvalue weighted by molar-refractivity contribution is 5.82. The lowest BCUT2D eigenvalue weighted by Crippen LogP contribution is -1.99. The summed E-state index contributed by atoms with van der Waals surface area (Å²) in [5.41, 5.74) is 9.18. The fraction of sp³-hybridized carbons (Fsp3) is 0.333. The summed E-state index contributed by atoms with van der Waals surface area (Å²) >= 11 is 0. The van der Waals surface area contributed by atoms with Gasteiger partial charge in [0.15, 0.2) is 0 Å². The SMILES string of the molecule is COCc1cc2ccc(CN)cc2n1C. The highest BCUT2D eigenvalue weighted by atomic mass is 16.5. The van der Waals surface area contributed by atoms with Crippen molar-refractivity contribution in [2.45, 2.75) is 13.2 Å². The van der Waals surface area contributed by atoms with Gasteiger partial charge in [-0.3, -0.25) is 0 Å². The lowest BCUT2D eigenvalue weighted by molar-refractivity contribution is 0.179. The van der Waals surface area contributed by atoms with Crippen molar-refractivity contribution in [3.63, 3.8) is 0 Å². The van der Waals surface area contributed by atoms with Gasteiger partial charge >= 0.3 is 0 Å². The van der Waals surface area contributed by atoms with E-state index in [1.54, 1.807) is 7.11 Å². The molecule has 0 fully saturated rings. The average molecular weight is 204 g/mol. The van der Waals surface area contributed by atoms with Gasteiger partial charge < -0.3 is 15.0 Å². The lowest BCUT2D eigenvalue weighted by atomic mass is 10.1. The van der Waals surface area contributed by atoms with Crippen LogP contribution in [-0.4, -0.2) is 11.7 Å². The van der Waals surface area contributed by atoms with Crippen LogP contribution in [0.15, 0.2) is 24.3 Å². The Bertz CT molecular complexity index is 474. The second-order valence-electron chi connectivity index (χ2n) is 3.72. The van der Waals surface area contributed by atoms with Gasteiger partial charge in [0.1, 0.15) is 0 Å². The molecule has 2 N–H and O–H groups in total. The van der Waals surface area contributed by atoms with Crippen molar-refractivity contribution in [2.24, 2.45) is 12.8 Å². The molecule has 0 aliphatic rings. The summed E-state index contributed by atoms with van der Waals surface area (Å²) in [6.45, 7) is 1.23. The van der Waals surface area contributed by atoms with Gasteiger partial charge in [0.05, 0.1) is 6.61 Å². The summed E-state index contributed by atoms with van der Waals surface area (Å²) in [5.74, 6) is 0. The van der Waals surface area contributed by atoms with Gasteiger partial charge in [-0.25, -0.2) is 0 Å². The summed E-state index contributed by atoms with van der Waals surface area (Å²) in [7, 11) is 3.76. The first-order valence-electron chi connectivity index (χ1n) is 5.02. The van der Waals surface area contributed by atoms with Gasteiger partial charge in [-0.05, 0) is 23.1 Å². The van der Waals surface area contributed by atoms with Crippen LogP contribution in [0.3, 0.4) is 0 Å². The second kappa shape index (κ2) is 4.04. The molecular weight excluding hydrogens is 188 g/mol. The highest BCUT2D eigenvalue weighted by Gasteiger charge is 2.05. The molecule has 1 aromatic heterocycles. The molecule has 0 unspecified atom stereocenters. The molecule has 0 atom stereocenters. The van der Waals surface area contributed by atoms with Crippen molar-refractivity contribution < 1.29 is 4.74 Å². The van der Waals surface area contributed by atoms with Crippen molar-refractivity contribution >= 4 is 10.9 Å². The Morgan fingerprint density at radius 3 is 2.80 bits per heavy atom. The highest BCUT2D eigenvalue weighted by Crippen LogP contribution is 2.20. The maximum atomic E-state index is 5.62. The van der Waals surface area contributed by atoms with Gasteiger partial charge in [0, 0.05) is 31.9 Å². The summed E-state index contributed by atoms with van der Waals surface area (Å²) in [6.07, 6.45) is 0. The number of aryl methyl sites for hydroxylation is 1. The van der Waals surface area contributed by atoms with E-state index in [0.717, 1.165) is 5.56 Å². The zero-order chi connectivity index (χ0) is 10.8. The van der Waals surface area contributed by atoms with Crippen molar-refractivity contribution in [1.29, 1.82) is 0 Å². The van der Waals surface area contributed by atoms with E-state index in [4.69, 9.17) is 10.5 Å². The summed E-state index contributed by atoms with van der Waals surface area (Å²) in [5, 5.41) is 1.24. The van der Waals surface area contributed by atoms with E-state index >= 15 is 0 Å². The van der Waals surface area contributed by atoms with E-state index in [9.17, 15) is 0 Å². The van der Waals surface area contributed by atoms with Crippen LogP contribution in [0.4, 0.5) is 0 Å². The van der Waals surface area contributed by atoms with Crippen LogP contribution in [0.25, 0.3) is 10.9 Å². The Labute approximate surface area is 89.4 Å². The van der Waals surface area contributed by atoms with E-state index in [-0.39, 0.29) is 0 Å². The quantitative estimate of drug-likeness (QED) is 0.828. The minimum atomic E-state index is 0.584. The summed E-state index contributed by atoms with van der Waals surface area (Å²) < 4.78 is 7.30. The Morgan fingerprint density at radius 1 is 1.33 bits per heavy atom. The predicted octanol–water partition coefficient (Wildman–Crippen LogP) is 1.78. The fourth-order valence-corrected chi connectivity index (χ4v) is 1.85. The van der Waals surface area contributed by atoms with E-state index in [0.29, 0.717) is 13.2 Å². The minimum absolute atomic E-state index is 0.584. The van der Waals surface area contributed by atoms with Crippen LogP contribution >= 0.6 is 0 Å². The normalized spacial score (nSPS) is 11.1. The van der Waals surface area contributed by atoms with E-state index in [1.165, 1.54) is 16.6 Å². The van der Waals surface area contributed by atoms with Crippen molar-refractivity contribution in [1.82, 2.24) is 4.57 Å². The molecule has 0 radical (unpaired) electrons. The number of hydrogen-bond donors (Lipinski definition) is 1. The molecule has 0 aliphatic carbocycles. The van der Waals surface area contributed by atoms with Gasteiger partial charge in [-0.1, -0.05) is 12.1 Å². The summed E-state index contributed by atoms with van der Waals surface area (Å²) in [6, 6.07) is 8.46. The zero-order valence-corrected chi connectivity index (χ0v) is 9.16. The number of rotatable bonds is 3. The number of benzene rings is 1. The van der Waals surface area contributed by atoms with Crippen LogP contribution in [0, 0.1) is 0 Å². The maximum Gasteiger partial charge on any atom is 0.0864 e. The molecule has 3 heteroatoms. The van der Waals surface area contributed by atoms with Crippen LogP contribution in [0.5, 0.6) is 0 Å². The molecular formula is C12H16N2O. The standard InChI is InChI=1S/C12H16N2O/c1-14-11(8-15-2)6-10-4-3-9(7-13)5-12(10)14/h3-6H,7-8,13H2,1-2H3. The maximum absolute atomic E-state index is 5.62. The molecule has 1 heterocycles. The van der Waals surface area contributed by atoms with Crippen molar-refractivity contribution in [2.75, 3.05) is 7.11 Å². The molecule has 0 aliphatic heterocycles. The van der Waals surface area contributed by atoms with Crippen LogP contribution in [0.2, 0.25) is 0 Å². The number of ether oxygens (including phenoxy) is 1. The molecule has 2 rings (SSSR count). The monoisotopic (exact) mass is 204 g/mol. The molecule has 2 aromatic rings. The molecule has 0 saturated carbocycles. The van der Waals surface area contributed by atoms with Crippen molar-refractivity contribution in [3.05, 3.63) is 35.5 Å².